The molecule has 0 unspecified atom stereocenters. The Hall–Kier alpha value is -3.22. The number of esters is 1. The molecule has 0 aliphatic heterocycles. The molecule has 7 heteroatoms. The minimum absolute atomic E-state index is 0.279. The maximum Gasteiger partial charge on any atom is 0.340 e. The van der Waals surface area contributed by atoms with Gasteiger partial charge in [-0.25, -0.2) is 9.78 Å². The minimum Gasteiger partial charge on any atom is -0.444 e. The number of pyridine rings is 1. The average Bonchev–Trinajstić information content (AvgIpc) is 2.93. The number of carbonyl (C=O) groups is 2. The molecule has 7 nitrogen and oxygen atoms in total. The van der Waals surface area contributed by atoms with Gasteiger partial charge in [0.15, 0.2) is 5.65 Å². The molecule has 0 saturated heterocycles. The number of likely N-dealkylation sites (N-methyl/N-ethyl adjacent to an activating group) is 1. The van der Waals surface area contributed by atoms with Gasteiger partial charge in [-0.3, -0.25) is 9.48 Å². The molecule has 1 atom stereocenters. The fourth-order valence-corrected chi connectivity index (χ4v) is 2.72. The van der Waals surface area contributed by atoms with Crippen LogP contribution >= 0.6 is 0 Å². The highest BCUT2D eigenvalue weighted by atomic mass is 16.5. The first-order valence-corrected chi connectivity index (χ1v) is 8.15. The lowest BCUT2D eigenvalue weighted by atomic mass is 10.1. The zero-order valence-corrected chi connectivity index (χ0v) is 15.1. The molecule has 1 amide bonds. The number of benzene rings is 1. The van der Waals surface area contributed by atoms with Crippen LogP contribution in [0.25, 0.3) is 11.0 Å². The maximum atomic E-state index is 12.7. The number of rotatable bonds is 4. The van der Waals surface area contributed by atoms with Gasteiger partial charge in [-0.15, -0.1) is 0 Å². The molecular formula is C19H20N4O3. The quantitative estimate of drug-likeness (QED) is 0.673. The monoisotopic (exact) mass is 352 g/mol. The summed E-state index contributed by atoms with van der Waals surface area (Å²) in [6.07, 6.45) is 0.429. The summed E-state index contributed by atoms with van der Waals surface area (Å²) in [6, 6.07) is 10.6. The van der Waals surface area contributed by atoms with Crippen LogP contribution in [0.5, 0.6) is 0 Å². The first kappa shape index (κ1) is 17.6. The number of aromatic nitrogens is 3. The summed E-state index contributed by atoms with van der Waals surface area (Å²) in [6.45, 7) is 1.85. The number of hydrogen-bond acceptors (Lipinski definition) is 5. The second kappa shape index (κ2) is 6.95. The van der Waals surface area contributed by atoms with Crippen molar-refractivity contribution in [3.63, 3.8) is 0 Å². The predicted molar refractivity (Wildman–Crippen MR) is 96.5 cm³/mol. The van der Waals surface area contributed by atoms with Crippen molar-refractivity contribution < 1.29 is 14.3 Å². The molecule has 26 heavy (non-hydrogen) atoms. The number of nitrogens with zero attached hydrogens (tertiary/aromatic N) is 4. The third kappa shape index (κ3) is 3.28. The standard InChI is InChI=1S/C19H20N4O3/c1-12-15-10-14(11-20-17(15)23(4)21-12)19(25)26-16(18(24)22(2)3)13-8-6-5-7-9-13/h5-11,16H,1-4H3/t16-/m1/s1. The first-order chi connectivity index (χ1) is 12.4. The lowest BCUT2D eigenvalue weighted by Crippen LogP contribution is -2.31. The van der Waals surface area contributed by atoms with E-state index in [1.54, 1.807) is 56.2 Å². The summed E-state index contributed by atoms with van der Waals surface area (Å²) in [5.41, 5.74) is 2.35. The Labute approximate surface area is 151 Å². The lowest BCUT2D eigenvalue weighted by Gasteiger charge is -2.21. The van der Waals surface area contributed by atoms with Gasteiger partial charge >= 0.3 is 5.97 Å². The van der Waals surface area contributed by atoms with E-state index >= 15 is 0 Å². The maximum absolute atomic E-state index is 12.7. The normalized spacial score (nSPS) is 12.0. The Bertz CT molecular complexity index is 964. The molecule has 1 aromatic carbocycles. The Morgan fingerprint density at radius 2 is 1.88 bits per heavy atom. The van der Waals surface area contributed by atoms with Gasteiger partial charge in [-0.2, -0.15) is 5.10 Å². The van der Waals surface area contributed by atoms with Crippen molar-refractivity contribution in [2.45, 2.75) is 13.0 Å². The molecule has 0 aliphatic rings. The van der Waals surface area contributed by atoms with Crippen LogP contribution < -0.4 is 0 Å². The Morgan fingerprint density at radius 3 is 2.54 bits per heavy atom. The van der Waals surface area contributed by atoms with Crippen molar-refractivity contribution in [1.29, 1.82) is 0 Å². The Kier molecular flexibility index (Phi) is 4.71. The highest BCUT2D eigenvalue weighted by Gasteiger charge is 2.27. The van der Waals surface area contributed by atoms with Crippen LogP contribution in [0.3, 0.4) is 0 Å². The highest BCUT2D eigenvalue weighted by molar-refractivity contribution is 5.95. The summed E-state index contributed by atoms with van der Waals surface area (Å²) in [7, 11) is 5.04. The van der Waals surface area contributed by atoms with E-state index in [0.717, 1.165) is 11.1 Å². The third-order valence-corrected chi connectivity index (χ3v) is 4.09. The predicted octanol–water partition coefficient (Wildman–Crippen LogP) is 2.26. The van der Waals surface area contributed by atoms with Crippen LogP contribution in [0, 0.1) is 6.92 Å². The molecule has 0 bridgehead atoms. The molecule has 0 fully saturated rings. The third-order valence-electron chi connectivity index (χ3n) is 4.09. The van der Waals surface area contributed by atoms with Gasteiger partial charge in [0.1, 0.15) is 0 Å². The minimum atomic E-state index is -1.01. The van der Waals surface area contributed by atoms with Crippen LogP contribution in [0.4, 0.5) is 0 Å². The van der Waals surface area contributed by atoms with Crippen LogP contribution in [0.2, 0.25) is 0 Å². The van der Waals surface area contributed by atoms with Gasteiger partial charge in [0.2, 0.25) is 6.10 Å². The molecule has 0 aliphatic carbocycles. The molecule has 2 heterocycles. The van der Waals surface area contributed by atoms with Crippen molar-refractivity contribution in [3.05, 3.63) is 59.4 Å². The fraction of sp³-hybridized carbons (Fsp3) is 0.263. The van der Waals surface area contributed by atoms with Crippen molar-refractivity contribution >= 4 is 22.9 Å². The molecule has 3 rings (SSSR count). The number of ether oxygens (including phenoxy) is 1. The fourth-order valence-electron chi connectivity index (χ4n) is 2.72. The van der Waals surface area contributed by atoms with Crippen LogP contribution in [0.15, 0.2) is 42.6 Å². The second-order valence-corrected chi connectivity index (χ2v) is 6.23. The van der Waals surface area contributed by atoms with E-state index in [1.165, 1.54) is 11.1 Å². The smallest absolute Gasteiger partial charge is 0.340 e. The Balaban J connectivity index is 1.93. The van der Waals surface area contributed by atoms with E-state index in [0.29, 0.717) is 11.2 Å². The molecule has 134 valence electrons. The van der Waals surface area contributed by atoms with Crippen molar-refractivity contribution in [3.8, 4) is 0 Å². The topological polar surface area (TPSA) is 77.3 Å². The zero-order valence-electron chi connectivity index (χ0n) is 15.1. The number of aryl methyl sites for hydroxylation is 2. The number of fused-ring (bicyclic) bond motifs is 1. The summed E-state index contributed by atoms with van der Waals surface area (Å²) >= 11 is 0. The van der Waals surface area contributed by atoms with Gasteiger partial charge in [0.05, 0.1) is 11.3 Å². The molecule has 2 aromatic heterocycles. The van der Waals surface area contributed by atoms with Gasteiger partial charge in [0.25, 0.3) is 5.91 Å². The van der Waals surface area contributed by atoms with E-state index in [-0.39, 0.29) is 11.5 Å². The van der Waals surface area contributed by atoms with E-state index in [2.05, 4.69) is 10.1 Å². The number of amides is 1. The van der Waals surface area contributed by atoms with Crippen molar-refractivity contribution in [2.75, 3.05) is 14.1 Å². The number of hydrogen-bond donors (Lipinski definition) is 0. The van der Waals surface area contributed by atoms with Gasteiger partial charge in [-0.1, -0.05) is 30.3 Å². The molecule has 0 radical (unpaired) electrons. The average molecular weight is 352 g/mol. The van der Waals surface area contributed by atoms with Gasteiger partial charge < -0.3 is 9.64 Å². The van der Waals surface area contributed by atoms with E-state index < -0.39 is 12.1 Å². The highest BCUT2D eigenvalue weighted by Crippen LogP contribution is 2.23. The first-order valence-electron chi connectivity index (χ1n) is 8.15. The second-order valence-electron chi connectivity index (χ2n) is 6.23. The largest absolute Gasteiger partial charge is 0.444 e. The van der Waals surface area contributed by atoms with Crippen LogP contribution in [-0.2, 0) is 16.6 Å². The molecule has 0 saturated carbocycles. The summed E-state index contributed by atoms with van der Waals surface area (Å²) in [4.78, 5) is 30.8. The molecule has 3 aromatic rings. The summed E-state index contributed by atoms with van der Waals surface area (Å²) in [5, 5.41) is 5.07. The lowest BCUT2D eigenvalue weighted by molar-refractivity contribution is -0.138. The van der Waals surface area contributed by atoms with E-state index in [1.807, 2.05) is 13.0 Å². The van der Waals surface area contributed by atoms with Crippen molar-refractivity contribution in [1.82, 2.24) is 19.7 Å². The number of carbonyl (C=O) groups excluding carboxylic acids is 2. The summed E-state index contributed by atoms with van der Waals surface area (Å²) in [5.74, 6) is -0.914. The van der Waals surface area contributed by atoms with E-state index in [4.69, 9.17) is 4.74 Å². The van der Waals surface area contributed by atoms with Crippen molar-refractivity contribution in [2.24, 2.45) is 7.05 Å². The van der Waals surface area contributed by atoms with Gasteiger partial charge in [0, 0.05) is 38.3 Å². The zero-order chi connectivity index (χ0) is 18.8. The summed E-state index contributed by atoms with van der Waals surface area (Å²) < 4.78 is 7.20. The molecule has 0 spiro atoms. The Morgan fingerprint density at radius 1 is 1.19 bits per heavy atom. The SMILES string of the molecule is Cc1nn(C)c2ncc(C(=O)O[C@@H](C(=O)N(C)C)c3ccccc3)cc12. The van der Waals surface area contributed by atoms with Crippen LogP contribution in [-0.4, -0.2) is 45.6 Å². The molecular weight excluding hydrogens is 332 g/mol. The van der Waals surface area contributed by atoms with Crippen LogP contribution in [0.1, 0.15) is 27.7 Å². The van der Waals surface area contributed by atoms with E-state index in [9.17, 15) is 9.59 Å². The molecule has 0 N–H and O–H groups in total. The van der Waals surface area contributed by atoms with Gasteiger partial charge in [-0.05, 0) is 13.0 Å².